The highest BCUT2D eigenvalue weighted by Crippen LogP contribution is 2.12. The molecule has 0 aliphatic rings. The summed E-state index contributed by atoms with van der Waals surface area (Å²) in [5.74, 6) is -0.158. The molecule has 0 aliphatic heterocycles. The third kappa shape index (κ3) is 3.10. The van der Waals surface area contributed by atoms with Crippen LogP contribution in [0.2, 0.25) is 0 Å². The third-order valence-corrected chi connectivity index (χ3v) is 2.81. The maximum atomic E-state index is 11.8. The molecule has 5 heteroatoms. The predicted octanol–water partition coefficient (Wildman–Crippen LogP) is 2.17. The Morgan fingerprint density at radius 1 is 1.29 bits per heavy atom. The highest BCUT2D eigenvalue weighted by molar-refractivity contribution is 9.10. The van der Waals surface area contributed by atoms with Gasteiger partial charge in [0, 0.05) is 25.1 Å². The summed E-state index contributed by atoms with van der Waals surface area (Å²) in [4.78, 5) is 19.8. The van der Waals surface area contributed by atoms with Crippen LogP contribution in [0.25, 0.3) is 0 Å². The van der Waals surface area contributed by atoms with Gasteiger partial charge < -0.3 is 5.32 Å². The number of aromatic nitrogens is 2. The van der Waals surface area contributed by atoms with Gasteiger partial charge in [-0.25, -0.2) is 4.98 Å². The van der Waals surface area contributed by atoms with Gasteiger partial charge in [0.2, 0.25) is 0 Å². The lowest BCUT2D eigenvalue weighted by Crippen LogP contribution is -2.23. The Balaban J connectivity index is 2.01. The fourth-order valence-electron chi connectivity index (χ4n) is 1.34. The van der Waals surface area contributed by atoms with Gasteiger partial charge in [-0.3, -0.25) is 9.78 Å². The van der Waals surface area contributed by atoms with Gasteiger partial charge in [0.25, 0.3) is 5.91 Å². The number of nitrogens with zero attached hydrogens (tertiary/aromatic N) is 2. The first-order valence-corrected chi connectivity index (χ1v) is 5.84. The molecule has 17 heavy (non-hydrogen) atoms. The molecule has 1 N–H and O–H groups in total. The van der Waals surface area contributed by atoms with Gasteiger partial charge >= 0.3 is 0 Å². The Bertz CT molecular complexity index is 516. The van der Waals surface area contributed by atoms with Crippen molar-refractivity contribution in [3.05, 3.63) is 58.6 Å². The minimum atomic E-state index is -0.158. The number of carbonyl (C=O) groups is 1. The first-order chi connectivity index (χ1) is 8.27. The molecule has 2 rings (SSSR count). The zero-order chi connectivity index (χ0) is 12.1. The molecule has 0 aliphatic carbocycles. The number of pyridine rings is 2. The van der Waals surface area contributed by atoms with Crippen LogP contribution in [0.1, 0.15) is 15.9 Å². The van der Waals surface area contributed by atoms with Gasteiger partial charge in [-0.2, -0.15) is 0 Å². The summed E-state index contributed by atoms with van der Waals surface area (Å²) in [6.45, 7) is 0.452. The van der Waals surface area contributed by atoms with Gasteiger partial charge in [0.1, 0.15) is 4.60 Å². The third-order valence-electron chi connectivity index (χ3n) is 2.18. The van der Waals surface area contributed by atoms with E-state index in [9.17, 15) is 4.79 Å². The maximum Gasteiger partial charge on any atom is 0.254 e. The molecule has 4 nitrogen and oxygen atoms in total. The second-order valence-electron chi connectivity index (χ2n) is 3.39. The molecule has 2 heterocycles. The number of nitrogens with one attached hydrogen (secondary N) is 1. The van der Waals surface area contributed by atoms with Crippen molar-refractivity contribution in [2.24, 2.45) is 0 Å². The smallest absolute Gasteiger partial charge is 0.254 e. The number of amides is 1. The summed E-state index contributed by atoms with van der Waals surface area (Å²) in [5.41, 5.74) is 1.48. The lowest BCUT2D eigenvalue weighted by molar-refractivity contribution is 0.0949. The number of hydrogen-bond acceptors (Lipinski definition) is 3. The van der Waals surface area contributed by atoms with Crippen LogP contribution in [0.4, 0.5) is 0 Å². The molecule has 0 saturated heterocycles. The lowest BCUT2D eigenvalue weighted by atomic mass is 10.2. The topological polar surface area (TPSA) is 54.9 Å². The monoisotopic (exact) mass is 291 g/mol. The van der Waals surface area contributed by atoms with Crippen molar-refractivity contribution in [2.45, 2.75) is 6.54 Å². The van der Waals surface area contributed by atoms with E-state index < -0.39 is 0 Å². The van der Waals surface area contributed by atoms with E-state index in [-0.39, 0.29) is 5.91 Å². The highest BCUT2D eigenvalue weighted by atomic mass is 79.9. The fraction of sp³-hybridized carbons (Fsp3) is 0.0833. The summed E-state index contributed by atoms with van der Waals surface area (Å²) in [6.07, 6.45) is 5.05. The summed E-state index contributed by atoms with van der Waals surface area (Å²) in [5, 5.41) is 2.81. The van der Waals surface area contributed by atoms with Crippen LogP contribution >= 0.6 is 15.9 Å². The molecule has 0 radical (unpaired) electrons. The molecular weight excluding hydrogens is 282 g/mol. The largest absolute Gasteiger partial charge is 0.348 e. The number of carbonyl (C=O) groups excluding carboxylic acids is 1. The van der Waals surface area contributed by atoms with Gasteiger partial charge in [-0.15, -0.1) is 0 Å². The van der Waals surface area contributed by atoms with Gasteiger partial charge in [0.15, 0.2) is 0 Å². The van der Waals surface area contributed by atoms with Crippen molar-refractivity contribution in [3.8, 4) is 0 Å². The van der Waals surface area contributed by atoms with Crippen molar-refractivity contribution in [2.75, 3.05) is 0 Å². The Kier molecular flexibility index (Phi) is 3.82. The first kappa shape index (κ1) is 11.7. The van der Waals surface area contributed by atoms with E-state index in [1.54, 1.807) is 30.7 Å². The highest BCUT2D eigenvalue weighted by Gasteiger charge is 2.09. The molecule has 86 valence electrons. The molecular formula is C12H10BrN3O. The molecule has 0 aromatic carbocycles. The van der Waals surface area contributed by atoms with Crippen LogP contribution in [-0.4, -0.2) is 15.9 Å². The van der Waals surface area contributed by atoms with E-state index in [1.165, 1.54) is 0 Å². The SMILES string of the molecule is O=C(NCc1cccnc1)c1cccnc1Br. The van der Waals surface area contributed by atoms with E-state index in [4.69, 9.17) is 0 Å². The van der Waals surface area contributed by atoms with Gasteiger partial charge in [-0.1, -0.05) is 6.07 Å². The van der Waals surface area contributed by atoms with Crippen LogP contribution < -0.4 is 5.32 Å². The molecule has 2 aromatic heterocycles. The van der Waals surface area contributed by atoms with Crippen LogP contribution in [0.15, 0.2) is 47.5 Å². The fourth-order valence-corrected chi connectivity index (χ4v) is 1.77. The molecule has 0 fully saturated rings. The number of halogens is 1. The van der Waals surface area contributed by atoms with Crippen LogP contribution in [0.5, 0.6) is 0 Å². The summed E-state index contributed by atoms with van der Waals surface area (Å²) in [6, 6.07) is 7.19. The Labute approximate surface area is 107 Å². The standard InChI is InChI=1S/C12H10BrN3O/c13-11-10(4-2-6-15-11)12(17)16-8-9-3-1-5-14-7-9/h1-7H,8H2,(H,16,17). The molecule has 0 bridgehead atoms. The van der Waals surface area contributed by atoms with Crippen molar-refractivity contribution < 1.29 is 4.79 Å². The van der Waals surface area contributed by atoms with Crippen LogP contribution in [0, 0.1) is 0 Å². The first-order valence-electron chi connectivity index (χ1n) is 5.05. The average molecular weight is 292 g/mol. The predicted molar refractivity (Wildman–Crippen MR) is 67.3 cm³/mol. The zero-order valence-electron chi connectivity index (χ0n) is 8.93. The minimum Gasteiger partial charge on any atom is -0.348 e. The minimum absolute atomic E-state index is 0.158. The number of rotatable bonds is 3. The van der Waals surface area contributed by atoms with E-state index in [0.29, 0.717) is 16.7 Å². The summed E-state index contributed by atoms with van der Waals surface area (Å²) in [7, 11) is 0. The molecule has 0 saturated carbocycles. The van der Waals surface area contributed by atoms with E-state index in [2.05, 4.69) is 31.2 Å². The van der Waals surface area contributed by atoms with Crippen LogP contribution in [0.3, 0.4) is 0 Å². The summed E-state index contributed by atoms with van der Waals surface area (Å²) >= 11 is 3.24. The molecule has 0 spiro atoms. The van der Waals surface area contributed by atoms with E-state index >= 15 is 0 Å². The number of hydrogen-bond donors (Lipinski definition) is 1. The molecule has 0 atom stereocenters. The Hall–Kier alpha value is -1.75. The molecule has 1 amide bonds. The maximum absolute atomic E-state index is 11.8. The van der Waals surface area contributed by atoms with Crippen molar-refractivity contribution in [3.63, 3.8) is 0 Å². The molecule has 2 aromatic rings. The van der Waals surface area contributed by atoms with E-state index in [0.717, 1.165) is 5.56 Å². The summed E-state index contributed by atoms with van der Waals surface area (Å²) < 4.78 is 0.545. The molecule has 0 unspecified atom stereocenters. The van der Waals surface area contributed by atoms with Gasteiger partial charge in [0.05, 0.1) is 5.56 Å². The van der Waals surface area contributed by atoms with Gasteiger partial charge in [-0.05, 0) is 39.7 Å². The second-order valence-corrected chi connectivity index (χ2v) is 4.14. The normalized spacial score (nSPS) is 9.94. The Morgan fingerprint density at radius 3 is 2.82 bits per heavy atom. The van der Waals surface area contributed by atoms with E-state index in [1.807, 2.05) is 12.1 Å². The van der Waals surface area contributed by atoms with Crippen LogP contribution in [-0.2, 0) is 6.54 Å². The average Bonchev–Trinajstić information content (AvgIpc) is 2.38. The lowest BCUT2D eigenvalue weighted by Gasteiger charge is -2.05. The Morgan fingerprint density at radius 2 is 2.12 bits per heavy atom. The van der Waals surface area contributed by atoms with Crippen molar-refractivity contribution >= 4 is 21.8 Å². The van der Waals surface area contributed by atoms with Crippen molar-refractivity contribution in [1.82, 2.24) is 15.3 Å². The zero-order valence-corrected chi connectivity index (χ0v) is 10.5. The van der Waals surface area contributed by atoms with Crippen molar-refractivity contribution in [1.29, 1.82) is 0 Å². The second kappa shape index (κ2) is 5.54. The quantitative estimate of drug-likeness (QED) is 0.882.